The number of aliphatic imine (C=N–C) groups is 1. The number of Topliss-reactive ketones (excluding diaryl/α,β-unsaturated/α-hetero) is 1. The molecule has 0 amide bonds. The van der Waals surface area contributed by atoms with Gasteiger partial charge in [0.25, 0.3) is 0 Å². The monoisotopic (exact) mass is 335 g/mol. The molecule has 0 bridgehead atoms. The fourth-order valence-electron chi connectivity index (χ4n) is 2.00. The van der Waals surface area contributed by atoms with Crippen molar-refractivity contribution in [3.8, 4) is 0 Å². The molecule has 1 aliphatic rings. The average molecular weight is 336 g/mol. The van der Waals surface area contributed by atoms with Crippen LogP contribution in [-0.2, 0) is 11.3 Å². The summed E-state index contributed by atoms with van der Waals surface area (Å²) in [5, 5.41) is -3.48. The largest absolute Gasteiger partial charge is 0.380 e. The van der Waals surface area contributed by atoms with E-state index in [4.69, 9.17) is 23.2 Å². The zero-order valence-corrected chi connectivity index (χ0v) is 12.5. The molecule has 0 radical (unpaired) electrons. The number of ketones is 1. The lowest BCUT2D eigenvalue weighted by Crippen LogP contribution is -2.38. The van der Waals surface area contributed by atoms with E-state index in [0.29, 0.717) is 30.6 Å². The molecule has 21 heavy (non-hydrogen) atoms. The van der Waals surface area contributed by atoms with Gasteiger partial charge in [-0.3, -0.25) is 9.79 Å². The van der Waals surface area contributed by atoms with E-state index in [9.17, 15) is 13.6 Å². The molecule has 0 saturated heterocycles. The van der Waals surface area contributed by atoms with Gasteiger partial charge in [-0.15, -0.1) is 0 Å². The predicted molar refractivity (Wildman–Crippen MR) is 77.0 cm³/mol. The van der Waals surface area contributed by atoms with Crippen molar-refractivity contribution in [2.45, 2.75) is 24.8 Å². The molecule has 0 fully saturated rings. The fraction of sp³-hybridized carbons (Fsp3) is 0.462. The van der Waals surface area contributed by atoms with Gasteiger partial charge in [-0.25, -0.2) is 4.98 Å². The Bertz CT molecular complexity index is 543. The molecule has 0 aromatic carbocycles. The third-order valence-corrected chi connectivity index (χ3v) is 3.48. The molecule has 1 aliphatic heterocycles. The van der Waals surface area contributed by atoms with Gasteiger partial charge >= 0.3 is 5.38 Å². The summed E-state index contributed by atoms with van der Waals surface area (Å²) in [5.41, 5.74) is 0.860. The number of pyridine rings is 1. The SMILES string of the molecule is O=C(CC1=NCCCN1Cc1ccc(Cl)nc1)C(F)(F)Cl. The van der Waals surface area contributed by atoms with E-state index in [2.05, 4.69) is 9.98 Å². The second-order valence-electron chi connectivity index (χ2n) is 4.66. The molecule has 2 heterocycles. The summed E-state index contributed by atoms with van der Waals surface area (Å²) in [4.78, 5) is 21.3. The summed E-state index contributed by atoms with van der Waals surface area (Å²) in [6.07, 6.45) is 1.93. The van der Waals surface area contributed by atoms with E-state index < -0.39 is 17.6 Å². The quantitative estimate of drug-likeness (QED) is 0.613. The van der Waals surface area contributed by atoms with Crippen molar-refractivity contribution in [2.24, 2.45) is 4.99 Å². The van der Waals surface area contributed by atoms with E-state index in [0.717, 1.165) is 12.0 Å². The first-order valence-electron chi connectivity index (χ1n) is 6.35. The van der Waals surface area contributed by atoms with Crippen LogP contribution < -0.4 is 0 Å². The highest BCUT2D eigenvalue weighted by atomic mass is 35.5. The smallest absolute Gasteiger partial charge is 0.356 e. The highest BCUT2D eigenvalue weighted by Gasteiger charge is 2.37. The van der Waals surface area contributed by atoms with Crippen LogP contribution >= 0.6 is 23.2 Å². The van der Waals surface area contributed by atoms with Crippen LogP contribution in [0.1, 0.15) is 18.4 Å². The fourth-order valence-corrected chi connectivity index (χ4v) is 2.18. The normalized spacial score (nSPS) is 15.8. The molecular weight excluding hydrogens is 323 g/mol. The Labute approximate surface area is 130 Å². The number of amidine groups is 1. The maximum Gasteiger partial charge on any atom is 0.380 e. The molecule has 0 atom stereocenters. The van der Waals surface area contributed by atoms with Gasteiger partial charge in [0.2, 0.25) is 5.78 Å². The highest BCUT2D eigenvalue weighted by molar-refractivity contribution is 6.34. The van der Waals surface area contributed by atoms with Gasteiger partial charge in [0.1, 0.15) is 11.0 Å². The van der Waals surface area contributed by atoms with Crippen LogP contribution in [0, 0.1) is 0 Å². The third-order valence-electron chi connectivity index (χ3n) is 3.04. The molecule has 114 valence electrons. The first-order chi connectivity index (χ1) is 9.86. The van der Waals surface area contributed by atoms with Gasteiger partial charge in [0.15, 0.2) is 0 Å². The lowest BCUT2D eigenvalue weighted by molar-refractivity contribution is -0.132. The topological polar surface area (TPSA) is 45.6 Å². The summed E-state index contributed by atoms with van der Waals surface area (Å²) in [7, 11) is 0. The third kappa shape index (κ3) is 4.61. The van der Waals surface area contributed by atoms with E-state index in [1.165, 1.54) is 0 Å². The zero-order chi connectivity index (χ0) is 15.5. The summed E-state index contributed by atoms with van der Waals surface area (Å²) in [5.74, 6) is -1.01. The Hall–Kier alpha value is -1.27. The van der Waals surface area contributed by atoms with Crippen LogP contribution in [0.2, 0.25) is 5.15 Å². The van der Waals surface area contributed by atoms with Gasteiger partial charge in [0.05, 0.1) is 6.42 Å². The van der Waals surface area contributed by atoms with Crippen molar-refractivity contribution in [1.29, 1.82) is 0 Å². The van der Waals surface area contributed by atoms with Crippen LogP contribution in [0.3, 0.4) is 0 Å². The molecular formula is C13H13Cl2F2N3O. The highest BCUT2D eigenvalue weighted by Crippen LogP contribution is 2.23. The summed E-state index contributed by atoms with van der Waals surface area (Å²) in [6.45, 7) is 1.60. The van der Waals surface area contributed by atoms with E-state index >= 15 is 0 Å². The zero-order valence-electron chi connectivity index (χ0n) is 11.0. The Kier molecular flexibility index (Phi) is 5.11. The maximum atomic E-state index is 12.8. The minimum atomic E-state index is -3.85. The summed E-state index contributed by atoms with van der Waals surface area (Å²) in [6, 6.07) is 3.44. The Morgan fingerprint density at radius 1 is 1.43 bits per heavy atom. The lowest BCUT2D eigenvalue weighted by Gasteiger charge is -2.29. The number of alkyl halides is 3. The molecule has 0 N–H and O–H groups in total. The molecule has 2 rings (SSSR count). The second kappa shape index (κ2) is 6.66. The number of aromatic nitrogens is 1. The first-order valence-corrected chi connectivity index (χ1v) is 7.10. The van der Waals surface area contributed by atoms with Crippen LogP contribution in [0.4, 0.5) is 8.78 Å². The van der Waals surface area contributed by atoms with Crippen molar-refractivity contribution < 1.29 is 13.6 Å². The number of carbonyl (C=O) groups excluding carboxylic acids is 1. The number of halogens is 4. The summed E-state index contributed by atoms with van der Waals surface area (Å²) < 4.78 is 25.6. The van der Waals surface area contributed by atoms with Crippen molar-refractivity contribution in [2.75, 3.05) is 13.1 Å². The lowest BCUT2D eigenvalue weighted by atomic mass is 10.1. The molecule has 8 heteroatoms. The maximum absolute atomic E-state index is 12.8. The Morgan fingerprint density at radius 3 is 2.81 bits per heavy atom. The van der Waals surface area contributed by atoms with E-state index in [1.807, 2.05) is 0 Å². The van der Waals surface area contributed by atoms with Gasteiger partial charge in [0, 0.05) is 25.8 Å². The van der Waals surface area contributed by atoms with Crippen molar-refractivity contribution in [1.82, 2.24) is 9.88 Å². The minimum absolute atomic E-state index is 0.335. The second-order valence-corrected chi connectivity index (χ2v) is 5.52. The summed E-state index contributed by atoms with van der Waals surface area (Å²) >= 11 is 10.5. The number of nitrogens with zero attached hydrogens (tertiary/aromatic N) is 3. The molecule has 4 nitrogen and oxygen atoms in total. The molecule has 0 aliphatic carbocycles. The number of carbonyl (C=O) groups is 1. The van der Waals surface area contributed by atoms with Crippen molar-refractivity contribution in [3.05, 3.63) is 29.0 Å². The number of hydrogen-bond acceptors (Lipinski definition) is 4. The van der Waals surface area contributed by atoms with Crippen LogP contribution in [-0.4, -0.2) is 40.0 Å². The van der Waals surface area contributed by atoms with Gasteiger partial charge < -0.3 is 4.90 Å². The minimum Gasteiger partial charge on any atom is -0.356 e. The standard InChI is InChI=1S/C13H13Cl2F2N3O/c14-11-3-2-9(7-19-11)8-20-5-1-4-18-12(20)6-10(21)13(15,16)17/h2-3,7H,1,4-6,8H2. The van der Waals surface area contributed by atoms with Crippen molar-refractivity contribution >= 4 is 34.8 Å². The van der Waals surface area contributed by atoms with Gasteiger partial charge in [-0.1, -0.05) is 17.7 Å². The molecule has 1 aromatic rings. The number of hydrogen-bond donors (Lipinski definition) is 0. The van der Waals surface area contributed by atoms with Gasteiger partial charge in [-0.05, 0) is 29.7 Å². The Balaban J connectivity index is 2.07. The Morgan fingerprint density at radius 2 is 2.19 bits per heavy atom. The van der Waals surface area contributed by atoms with E-state index in [-0.39, 0.29) is 0 Å². The molecule has 0 spiro atoms. The molecule has 1 aromatic heterocycles. The van der Waals surface area contributed by atoms with Crippen LogP contribution in [0.5, 0.6) is 0 Å². The average Bonchev–Trinajstić information content (AvgIpc) is 2.42. The first kappa shape index (κ1) is 16.1. The molecule has 0 unspecified atom stereocenters. The van der Waals surface area contributed by atoms with E-state index in [1.54, 1.807) is 23.2 Å². The van der Waals surface area contributed by atoms with Gasteiger partial charge in [-0.2, -0.15) is 8.78 Å². The van der Waals surface area contributed by atoms with Crippen molar-refractivity contribution in [3.63, 3.8) is 0 Å². The van der Waals surface area contributed by atoms with Crippen LogP contribution in [0.15, 0.2) is 23.3 Å². The van der Waals surface area contributed by atoms with Crippen LogP contribution in [0.25, 0.3) is 0 Å². The molecule has 0 saturated carbocycles. The predicted octanol–water partition coefficient (Wildman–Crippen LogP) is 3.13. The number of rotatable bonds is 5.